The van der Waals surface area contributed by atoms with Gasteiger partial charge in [0.05, 0.1) is 6.04 Å². The van der Waals surface area contributed by atoms with Gasteiger partial charge in [-0.3, -0.25) is 0 Å². The number of fused-ring (bicyclic) bond motifs is 1. The van der Waals surface area contributed by atoms with Gasteiger partial charge >= 0.3 is 0 Å². The van der Waals surface area contributed by atoms with Crippen molar-refractivity contribution in [2.45, 2.75) is 38.6 Å². The van der Waals surface area contributed by atoms with Crippen LogP contribution in [0.3, 0.4) is 0 Å². The second-order valence-corrected chi connectivity index (χ2v) is 5.74. The van der Waals surface area contributed by atoms with Gasteiger partial charge < -0.3 is 5.73 Å². The highest BCUT2D eigenvalue weighted by Gasteiger charge is 2.16. The molecule has 0 bridgehead atoms. The lowest BCUT2D eigenvalue weighted by molar-refractivity contribution is 0.598. The molecule has 0 amide bonds. The highest BCUT2D eigenvalue weighted by molar-refractivity contribution is 5.40. The molecule has 1 aliphatic rings. The third-order valence-corrected chi connectivity index (χ3v) is 4.22. The van der Waals surface area contributed by atoms with Gasteiger partial charge in [0.2, 0.25) is 0 Å². The molecule has 2 aromatic rings. The minimum absolute atomic E-state index is 0.221. The first-order valence-electron chi connectivity index (χ1n) is 7.28. The van der Waals surface area contributed by atoms with E-state index in [0.29, 0.717) is 5.56 Å². The van der Waals surface area contributed by atoms with E-state index in [1.54, 1.807) is 6.07 Å². The molecule has 3 rings (SSSR count). The fourth-order valence-electron chi connectivity index (χ4n) is 3.03. The minimum atomic E-state index is -0.387. The summed E-state index contributed by atoms with van der Waals surface area (Å²) in [5, 5.41) is 0. The van der Waals surface area contributed by atoms with E-state index >= 15 is 0 Å². The van der Waals surface area contributed by atoms with Crippen molar-refractivity contribution in [3.8, 4) is 0 Å². The SMILES string of the molecule is Cc1ccc(F)c(C(N)c2ccc3c(c2)CCCC3)c1. The zero-order chi connectivity index (χ0) is 14.1. The summed E-state index contributed by atoms with van der Waals surface area (Å²) in [4.78, 5) is 0. The van der Waals surface area contributed by atoms with Crippen LogP contribution in [0.1, 0.15) is 46.7 Å². The molecule has 1 nitrogen and oxygen atoms in total. The van der Waals surface area contributed by atoms with Crippen molar-refractivity contribution in [3.05, 3.63) is 70.0 Å². The molecule has 2 aromatic carbocycles. The summed E-state index contributed by atoms with van der Waals surface area (Å²) in [6.45, 7) is 1.96. The highest BCUT2D eigenvalue weighted by atomic mass is 19.1. The lowest BCUT2D eigenvalue weighted by Gasteiger charge is -2.20. The Morgan fingerprint density at radius 2 is 1.75 bits per heavy atom. The maximum absolute atomic E-state index is 14.0. The second-order valence-electron chi connectivity index (χ2n) is 5.74. The van der Waals surface area contributed by atoms with E-state index in [1.807, 2.05) is 13.0 Å². The van der Waals surface area contributed by atoms with Crippen LogP contribution in [0.2, 0.25) is 0 Å². The molecule has 20 heavy (non-hydrogen) atoms. The van der Waals surface area contributed by atoms with Crippen molar-refractivity contribution >= 4 is 0 Å². The number of hydrogen-bond donors (Lipinski definition) is 1. The number of benzene rings is 2. The number of rotatable bonds is 2. The van der Waals surface area contributed by atoms with Crippen LogP contribution >= 0.6 is 0 Å². The molecular weight excluding hydrogens is 249 g/mol. The van der Waals surface area contributed by atoms with Crippen molar-refractivity contribution in [1.82, 2.24) is 0 Å². The van der Waals surface area contributed by atoms with Crippen LogP contribution in [0.4, 0.5) is 4.39 Å². The van der Waals surface area contributed by atoms with Gasteiger partial charge in [-0.15, -0.1) is 0 Å². The van der Waals surface area contributed by atoms with Crippen LogP contribution < -0.4 is 5.73 Å². The Bertz CT molecular complexity index is 633. The molecule has 104 valence electrons. The zero-order valence-corrected chi connectivity index (χ0v) is 11.8. The standard InChI is InChI=1S/C18H20FN/c1-12-6-9-17(19)16(10-12)18(20)15-8-7-13-4-2-3-5-14(13)11-15/h6-11,18H,2-5,20H2,1H3. The van der Waals surface area contributed by atoms with Gasteiger partial charge in [0.1, 0.15) is 5.82 Å². The summed E-state index contributed by atoms with van der Waals surface area (Å²) in [6, 6.07) is 11.1. The van der Waals surface area contributed by atoms with E-state index in [9.17, 15) is 4.39 Å². The minimum Gasteiger partial charge on any atom is -0.320 e. The van der Waals surface area contributed by atoms with Gasteiger partial charge in [-0.2, -0.15) is 0 Å². The lowest BCUT2D eigenvalue weighted by Crippen LogP contribution is -2.15. The van der Waals surface area contributed by atoms with Gasteiger partial charge in [0.15, 0.2) is 0 Å². The van der Waals surface area contributed by atoms with E-state index in [0.717, 1.165) is 24.0 Å². The van der Waals surface area contributed by atoms with Crippen LogP contribution in [0.5, 0.6) is 0 Å². The molecule has 0 saturated carbocycles. The molecule has 2 heteroatoms. The molecular formula is C18H20FN. The third-order valence-electron chi connectivity index (χ3n) is 4.22. The normalized spacial score (nSPS) is 15.8. The molecule has 0 saturated heterocycles. The first kappa shape index (κ1) is 13.3. The van der Waals surface area contributed by atoms with Crippen LogP contribution in [-0.4, -0.2) is 0 Å². The Kier molecular flexibility index (Phi) is 3.58. The predicted molar refractivity (Wildman–Crippen MR) is 80.3 cm³/mol. The first-order chi connectivity index (χ1) is 9.65. The quantitative estimate of drug-likeness (QED) is 0.874. The van der Waals surface area contributed by atoms with Crippen molar-refractivity contribution in [2.24, 2.45) is 5.73 Å². The average molecular weight is 269 g/mol. The van der Waals surface area contributed by atoms with Crippen molar-refractivity contribution in [3.63, 3.8) is 0 Å². The summed E-state index contributed by atoms with van der Waals surface area (Å²) < 4.78 is 14.0. The van der Waals surface area contributed by atoms with Crippen LogP contribution in [-0.2, 0) is 12.8 Å². The predicted octanol–water partition coefficient (Wildman–Crippen LogP) is 4.06. The lowest BCUT2D eigenvalue weighted by atomic mass is 9.88. The Balaban J connectivity index is 1.97. The van der Waals surface area contributed by atoms with E-state index < -0.39 is 0 Å². The summed E-state index contributed by atoms with van der Waals surface area (Å²) in [7, 11) is 0. The largest absolute Gasteiger partial charge is 0.320 e. The van der Waals surface area contributed by atoms with Crippen LogP contribution in [0.25, 0.3) is 0 Å². The van der Waals surface area contributed by atoms with Gasteiger partial charge in [-0.05, 0) is 55.4 Å². The Labute approximate surface area is 119 Å². The highest BCUT2D eigenvalue weighted by Crippen LogP contribution is 2.28. The van der Waals surface area contributed by atoms with Crippen molar-refractivity contribution < 1.29 is 4.39 Å². The van der Waals surface area contributed by atoms with Crippen molar-refractivity contribution in [2.75, 3.05) is 0 Å². The Morgan fingerprint density at radius 1 is 1.00 bits per heavy atom. The second kappa shape index (κ2) is 5.37. The van der Waals surface area contributed by atoms with Crippen molar-refractivity contribution in [1.29, 1.82) is 0 Å². The number of hydrogen-bond acceptors (Lipinski definition) is 1. The zero-order valence-electron chi connectivity index (χ0n) is 11.8. The molecule has 1 aliphatic carbocycles. The molecule has 0 spiro atoms. The van der Waals surface area contributed by atoms with E-state index in [-0.39, 0.29) is 11.9 Å². The molecule has 1 atom stereocenters. The molecule has 1 unspecified atom stereocenters. The van der Waals surface area contributed by atoms with E-state index in [2.05, 4.69) is 18.2 Å². The smallest absolute Gasteiger partial charge is 0.128 e. The molecule has 0 aliphatic heterocycles. The number of aryl methyl sites for hydroxylation is 3. The molecule has 0 fully saturated rings. The molecule has 0 aromatic heterocycles. The molecule has 2 N–H and O–H groups in total. The summed E-state index contributed by atoms with van der Waals surface area (Å²) in [6.07, 6.45) is 4.78. The van der Waals surface area contributed by atoms with Gasteiger partial charge in [0, 0.05) is 5.56 Å². The summed E-state index contributed by atoms with van der Waals surface area (Å²) in [5.74, 6) is -0.221. The fourth-order valence-corrected chi connectivity index (χ4v) is 3.03. The van der Waals surface area contributed by atoms with Crippen LogP contribution in [0, 0.1) is 12.7 Å². The van der Waals surface area contributed by atoms with Gasteiger partial charge in [-0.25, -0.2) is 4.39 Å². The topological polar surface area (TPSA) is 26.0 Å². The Hall–Kier alpha value is -1.67. The molecule has 0 radical (unpaired) electrons. The monoisotopic (exact) mass is 269 g/mol. The maximum atomic E-state index is 14.0. The van der Waals surface area contributed by atoms with E-state index in [1.165, 1.54) is 30.0 Å². The summed E-state index contributed by atoms with van der Waals surface area (Å²) in [5.41, 5.74) is 11.7. The van der Waals surface area contributed by atoms with Gasteiger partial charge in [0.25, 0.3) is 0 Å². The first-order valence-corrected chi connectivity index (χ1v) is 7.28. The average Bonchev–Trinajstić information content (AvgIpc) is 2.48. The molecule has 0 heterocycles. The van der Waals surface area contributed by atoms with Gasteiger partial charge in [-0.1, -0.05) is 35.9 Å². The Morgan fingerprint density at radius 3 is 2.55 bits per heavy atom. The fraction of sp³-hybridized carbons (Fsp3) is 0.333. The maximum Gasteiger partial charge on any atom is 0.128 e. The third kappa shape index (κ3) is 2.48. The summed E-state index contributed by atoms with van der Waals surface area (Å²) >= 11 is 0. The number of halogens is 1. The van der Waals surface area contributed by atoms with E-state index in [4.69, 9.17) is 5.73 Å². The number of nitrogens with two attached hydrogens (primary N) is 1. The van der Waals surface area contributed by atoms with Crippen LogP contribution in [0.15, 0.2) is 36.4 Å².